The van der Waals surface area contributed by atoms with Gasteiger partial charge in [0, 0.05) is 23.6 Å². The standard InChI is InChI=1S/C23H24N4O/c1-2-22-20(15-26-27(22)16-17-8-4-3-5-9-17)23(28)24-13-12-18-14-25-21-11-7-6-10-19(18)21/h3-11,14-15,25H,2,12-13,16H2,1H3,(H,24,28). The molecule has 2 aromatic heterocycles. The zero-order valence-electron chi connectivity index (χ0n) is 16.0. The Morgan fingerprint density at radius 3 is 2.71 bits per heavy atom. The molecule has 2 heterocycles. The molecule has 4 rings (SSSR count). The third-order valence-corrected chi connectivity index (χ3v) is 5.06. The van der Waals surface area contributed by atoms with E-state index in [9.17, 15) is 4.79 Å². The topological polar surface area (TPSA) is 62.7 Å². The van der Waals surface area contributed by atoms with Crippen molar-refractivity contribution in [3.63, 3.8) is 0 Å². The van der Waals surface area contributed by atoms with Crippen molar-refractivity contribution in [3.8, 4) is 0 Å². The lowest BCUT2D eigenvalue weighted by Gasteiger charge is -2.09. The van der Waals surface area contributed by atoms with E-state index in [-0.39, 0.29) is 5.91 Å². The second kappa shape index (κ2) is 8.13. The van der Waals surface area contributed by atoms with Crippen molar-refractivity contribution in [2.24, 2.45) is 0 Å². The fraction of sp³-hybridized carbons (Fsp3) is 0.217. The molecule has 0 unspecified atom stereocenters. The molecule has 5 nitrogen and oxygen atoms in total. The van der Waals surface area contributed by atoms with Crippen LogP contribution in [0.25, 0.3) is 10.9 Å². The Kier molecular flexibility index (Phi) is 5.24. The molecule has 2 N–H and O–H groups in total. The largest absolute Gasteiger partial charge is 0.361 e. The van der Waals surface area contributed by atoms with Crippen LogP contribution in [0.2, 0.25) is 0 Å². The molecule has 0 aliphatic rings. The van der Waals surface area contributed by atoms with Crippen molar-refractivity contribution in [3.05, 3.63) is 89.4 Å². The van der Waals surface area contributed by atoms with Crippen LogP contribution in [0.3, 0.4) is 0 Å². The summed E-state index contributed by atoms with van der Waals surface area (Å²) in [4.78, 5) is 16.0. The van der Waals surface area contributed by atoms with E-state index < -0.39 is 0 Å². The predicted octanol–water partition coefficient (Wildman–Crippen LogP) is 3.95. The van der Waals surface area contributed by atoms with Gasteiger partial charge in [-0.15, -0.1) is 0 Å². The van der Waals surface area contributed by atoms with Crippen molar-refractivity contribution in [2.75, 3.05) is 6.54 Å². The summed E-state index contributed by atoms with van der Waals surface area (Å²) < 4.78 is 1.92. The van der Waals surface area contributed by atoms with Crippen molar-refractivity contribution in [1.29, 1.82) is 0 Å². The summed E-state index contributed by atoms with van der Waals surface area (Å²) in [6.07, 6.45) is 5.25. The Morgan fingerprint density at radius 1 is 1.11 bits per heavy atom. The Hall–Kier alpha value is -3.34. The number of aromatic nitrogens is 3. The van der Waals surface area contributed by atoms with Crippen LogP contribution in [0, 0.1) is 0 Å². The highest BCUT2D eigenvalue weighted by atomic mass is 16.1. The molecule has 0 aliphatic carbocycles. The maximum Gasteiger partial charge on any atom is 0.254 e. The Balaban J connectivity index is 1.42. The number of aromatic amines is 1. The number of benzene rings is 2. The molecular formula is C23H24N4O. The number of H-pyrrole nitrogens is 1. The van der Waals surface area contributed by atoms with Gasteiger partial charge in [-0.25, -0.2) is 0 Å². The highest BCUT2D eigenvalue weighted by Gasteiger charge is 2.16. The Labute approximate surface area is 164 Å². The summed E-state index contributed by atoms with van der Waals surface area (Å²) in [6, 6.07) is 18.4. The second-order valence-corrected chi connectivity index (χ2v) is 6.87. The number of carbonyl (C=O) groups excluding carboxylic acids is 1. The van der Waals surface area contributed by atoms with Crippen LogP contribution in [-0.4, -0.2) is 27.2 Å². The lowest BCUT2D eigenvalue weighted by Crippen LogP contribution is -2.26. The fourth-order valence-corrected chi connectivity index (χ4v) is 3.61. The summed E-state index contributed by atoms with van der Waals surface area (Å²) >= 11 is 0. The molecule has 0 aliphatic heterocycles. The molecule has 0 atom stereocenters. The number of nitrogens with zero attached hydrogens (tertiary/aromatic N) is 2. The normalized spacial score (nSPS) is 11.0. The summed E-state index contributed by atoms with van der Waals surface area (Å²) in [5.41, 5.74) is 5.14. The van der Waals surface area contributed by atoms with Gasteiger partial charge < -0.3 is 10.3 Å². The Morgan fingerprint density at radius 2 is 1.89 bits per heavy atom. The van der Waals surface area contributed by atoms with Gasteiger partial charge in [-0.05, 0) is 30.0 Å². The minimum Gasteiger partial charge on any atom is -0.361 e. The minimum absolute atomic E-state index is 0.0593. The SMILES string of the molecule is CCc1c(C(=O)NCCc2c[nH]c3ccccc23)cnn1Cc1ccccc1. The first kappa shape index (κ1) is 18.0. The minimum atomic E-state index is -0.0593. The monoisotopic (exact) mass is 372 g/mol. The first-order valence-electron chi connectivity index (χ1n) is 9.68. The molecule has 142 valence electrons. The van der Waals surface area contributed by atoms with Gasteiger partial charge in [0.15, 0.2) is 0 Å². The van der Waals surface area contributed by atoms with Crippen LogP contribution in [0.15, 0.2) is 67.0 Å². The first-order valence-corrected chi connectivity index (χ1v) is 9.68. The molecule has 5 heteroatoms. The number of para-hydroxylation sites is 1. The molecule has 0 spiro atoms. The van der Waals surface area contributed by atoms with Crippen molar-refractivity contribution < 1.29 is 4.79 Å². The van der Waals surface area contributed by atoms with E-state index in [2.05, 4.69) is 46.6 Å². The zero-order valence-corrected chi connectivity index (χ0v) is 16.0. The van der Waals surface area contributed by atoms with Crippen molar-refractivity contribution in [2.45, 2.75) is 26.3 Å². The third-order valence-electron chi connectivity index (χ3n) is 5.06. The van der Waals surface area contributed by atoms with Gasteiger partial charge in [0.1, 0.15) is 0 Å². The predicted molar refractivity (Wildman–Crippen MR) is 111 cm³/mol. The summed E-state index contributed by atoms with van der Waals surface area (Å²) in [6.45, 7) is 3.32. The lowest BCUT2D eigenvalue weighted by molar-refractivity contribution is 0.0953. The van der Waals surface area contributed by atoms with E-state index >= 15 is 0 Å². The van der Waals surface area contributed by atoms with Crippen molar-refractivity contribution in [1.82, 2.24) is 20.1 Å². The van der Waals surface area contributed by atoms with Gasteiger partial charge in [-0.2, -0.15) is 5.10 Å². The molecule has 0 radical (unpaired) electrons. The zero-order chi connectivity index (χ0) is 19.3. The number of nitrogens with one attached hydrogen (secondary N) is 2. The van der Waals surface area contributed by atoms with Gasteiger partial charge in [-0.1, -0.05) is 55.5 Å². The van der Waals surface area contributed by atoms with Crippen LogP contribution in [-0.2, 0) is 19.4 Å². The molecular weight excluding hydrogens is 348 g/mol. The summed E-state index contributed by atoms with van der Waals surface area (Å²) in [5, 5.41) is 8.71. The maximum atomic E-state index is 12.7. The molecule has 0 fully saturated rings. The van der Waals surface area contributed by atoms with Crippen LogP contribution in [0.1, 0.15) is 34.1 Å². The van der Waals surface area contributed by atoms with Gasteiger partial charge in [0.25, 0.3) is 5.91 Å². The maximum absolute atomic E-state index is 12.7. The Bertz CT molecular complexity index is 1080. The van der Waals surface area contributed by atoms with Crippen LogP contribution in [0.5, 0.6) is 0 Å². The average Bonchev–Trinajstić information content (AvgIpc) is 3.33. The molecule has 0 saturated carbocycles. The van der Waals surface area contributed by atoms with Gasteiger partial charge in [-0.3, -0.25) is 9.48 Å². The highest BCUT2D eigenvalue weighted by molar-refractivity contribution is 5.95. The lowest BCUT2D eigenvalue weighted by atomic mass is 10.1. The van der Waals surface area contributed by atoms with Crippen LogP contribution < -0.4 is 5.32 Å². The molecule has 0 saturated heterocycles. The summed E-state index contributed by atoms with van der Waals surface area (Å²) in [7, 11) is 0. The van der Waals surface area contributed by atoms with E-state index in [1.54, 1.807) is 6.20 Å². The summed E-state index contributed by atoms with van der Waals surface area (Å²) in [5.74, 6) is -0.0593. The van der Waals surface area contributed by atoms with Gasteiger partial charge in [0.2, 0.25) is 0 Å². The van der Waals surface area contributed by atoms with Crippen LogP contribution in [0.4, 0.5) is 0 Å². The smallest absolute Gasteiger partial charge is 0.254 e. The average molecular weight is 372 g/mol. The van der Waals surface area contributed by atoms with Gasteiger partial charge in [0.05, 0.1) is 24.0 Å². The quantitative estimate of drug-likeness (QED) is 0.516. The number of fused-ring (bicyclic) bond motifs is 1. The number of amides is 1. The molecule has 28 heavy (non-hydrogen) atoms. The molecule has 0 bridgehead atoms. The van der Waals surface area contributed by atoms with Crippen LogP contribution >= 0.6 is 0 Å². The van der Waals surface area contributed by atoms with E-state index in [1.165, 1.54) is 16.5 Å². The molecule has 4 aromatic rings. The van der Waals surface area contributed by atoms with E-state index in [4.69, 9.17) is 0 Å². The number of hydrogen-bond donors (Lipinski definition) is 2. The number of carbonyl (C=O) groups is 1. The fourth-order valence-electron chi connectivity index (χ4n) is 3.61. The third kappa shape index (κ3) is 3.69. The number of rotatable bonds is 7. The van der Waals surface area contributed by atoms with E-state index in [0.717, 1.165) is 24.1 Å². The second-order valence-electron chi connectivity index (χ2n) is 6.87. The van der Waals surface area contributed by atoms with Crippen molar-refractivity contribution >= 4 is 16.8 Å². The molecule has 2 aromatic carbocycles. The molecule has 1 amide bonds. The van der Waals surface area contributed by atoms with E-state index in [0.29, 0.717) is 18.7 Å². The highest BCUT2D eigenvalue weighted by Crippen LogP contribution is 2.18. The van der Waals surface area contributed by atoms with Gasteiger partial charge >= 0.3 is 0 Å². The van der Waals surface area contributed by atoms with E-state index in [1.807, 2.05) is 41.2 Å². The first-order chi connectivity index (χ1) is 13.8. The number of hydrogen-bond acceptors (Lipinski definition) is 2.